The third-order valence-electron chi connectivity index (χ3n) is 5.89. The topological polar surface area (TPSA) is 272 Å². The third kappa shape index (κ3) is 5.78. The monoisotopic (exact) mass is 505 g/mol. The van der Waals surface area contributed by atoms with E-state index in [1.807, 2.05) is 0 Å². The van der Waals surface area contributed by atoms with E-state index in [0.717, 1.165) is 0 Å². The van der Waals surface area contributed by atoms with Crippen molar-refractivity contribution in [3.05, 3.63) is 67.2 Å². The summed E-state index contributed by atoms with van der Waals surface area (Å²) in [4.78, 5) is 20.6. The summed E-state index contributed by atoms with van der Waals surface area (Å²) in [7, 11) is 0. The molecule has 0 bridgehead atoms. The lowest BCUT2D eigenvalue weighted by molar-refractivity contribution is -0.293. The molecule has 4 N–H and O–H groups in total. The van der Waals surface area contributed by atoms with Crippen molar-refractivity contribution in [3.63, 3.8) is 0 Å². The summed E-state index contributed by atoms with van der Waals surface area (Å²) in [5.74, 6) is -0.868. The molecule has 192 valence electrons. The van der Waals surface area contributed by atoms with Crippen LogP contribution in [0.4, 0.5) is 0 Å². The molecule has 1 heterocycles. The van der Waals surface area contributed by atoms with Crippen LogP contribution in [0.5, 0.6) is 0 Å². The molecule has 3 rings (SSSR count). The van der Waals surface area contributed by atoms with Gasteiger partial charge >= 0.3 is 5.97 Å². The number of hydrogen-bond acceptors (Lipinski definition) is 11. The molecule has 0 spiro atoms. The van der Waals surface area contributed by atoms with Crippen molar-refractivity contribution in [3.8, 4) is 0 Å². The fourth-order valence-corrected chi connectivity index (χ4v) is 4.11. The second-order valence-electron chi connectivity index (χ2n) is 8.01. The van der Waals surface area contributed by atoms with E-state index in [4.69, 9.17) is 30.8 Å². The van der Waals surface area contributed by atoms with E-state index >= 15 is 0 Å². The van der Waals surface area contributed by atoms with Crippen molar-refractivity contribution >= 4 is 5.97 Å². The van der Waals surface area contributed by atoms with Gasteiger partial charge in [-0.2, -0.15) is 0 Å². The van der Waals surface area contributed by atoms with Gasteiger partial charge in [0.05, 0.1) is 36.5 Å². The highest BCUT2D eigenvalue weighted by molar-refractivity contribution is 5.89. The van der Waals surface area contributed by atoms with Crippen LogP contribution in [0.25, 0.3) is 31.3 Å². The number of benzene rings is 1. The normalized spacial score (nSPS) is 35.9. The highest BCUT2D eigenvalue weighted by atomic mass is 16.7. The van der Waals surface area contributed by atoms with Crippen LogP contribution < -0.4 is 0 Å². The molecule has 1 saturated carbocycles. The number of aliphatic hydroxyl groups is 4. The Bertz CT molecular complexity index is 1060. The van der Waals surface area contributed by atoms with E-state index in [-0.39, 0.29) is 12.0 Å². The number of carbonyl (C=O) groups is 1. The highest BCUT2D eigenvalue weighted by Gasteiger charge is 2.51. The molecule has 36 heavy (non-hydrogen) atoms. The number of aliphatic hydroxyl groups excluding tert-OH is 4. The summed E-state index contributed by atoms with van der Waals surface area (Å²) in [5.41, 5.74) is 26.9. The van der Waals surface area contributed by atoms with Crippen LogP contribution in [0.15, 0.2) is 45.7 Å². The first-order valence-corrected chi connectivity index (χ1v) is 10.7. The Morgan fingerprint density at radius 1 is 0.944 bits per heavy atom. The zero-order valence-corrected chi connectivity index (χ0v) is 18.5. The Morgan fingerprint density at radius 2 is 1.58 bits per heavy atom. The number of nitrogens with zero attached hydrogens (tertiary/aromatic N) is 9. The molecule has 1 aliphatic carbocycles. The summed E-state index contributed by atoms with van der Waals surface area (Å²) in [6.07, 6.45) is -11.2. The smallest absolute Gasteiger partial charge is 0.338 e. The summed E-state index contributed by atoms with van der Waals surface area (Å²) in [6.45, 7) is -0.752. The zero-order valence-electron chi connectivity index (χ0n) is 18.5. The van der Waals surface area contributed by atoms with E-state index in [1.165, 1.54) is 12.1 Å². The van der Waals surface area contributed by atoms with Gasteiger partial charge in [-0.3, -0.25) is 0 Å². The molecule has 1 aromatic rings. The molecule has 0 amide bonds. The van der Waals surface area contributed by atoms with Crippen molar-refractivity contribution < 1.29 is 39.4 Å². The molecule has 2 fully saturated rings. The minimum atomic E-state index is -1.75. The molecule has 7 unspecified atom stereocenters. The lowest BCUT2D eigenvalue weighted by Crippen LogP contribution is -2.63. The fraction of sp³-hybridized carbons (Fsp3) is 0.632. The van der Waals surface area contributed by atoms with Crippen LogP contribution in [0.2, 0.25) is 0 Å². The van der Waals surface area contributed by atoms with Gasteiger partial charge in [0, 0.05) is 14.7 Å². The summed E-state index contributed by atoms with van der Waals surface area (Å²) >= 11 is 0. The Labute approximate surface area is 202 Å². The summed E-state index contributed by atoms with van der Waals surface area (Å²) in [6, 6.07) is 3.93. The molecule has 0 radical (unpaired) electrons. The van der Waals surface area contributed by atoms with Crippen molar-refractivity contribution in [2.45, 2.75) is 67.5 Å². The molecule has 1 saturated heterocycles. The molecular formula is C19H23N9O8. The fourth-order valence-electron chi connectivity index (χ4n) is 4.11. The zero-order chi connectivity index (χ0) is 26.2. The predicted octanol–water partition coefficient (Wildman–Crippen LogP) is 0.837. The SMILES string of the molecule is [N-]=[N+]=NC1CC(N=[N+]=[N-])[C@@H](O[C@H]2OC(CO)[C@@H](O)C(OC(=O)c3ccccc3)C2N=[N+]=[N-])C(O)C1O. The van der Waals surface area contributed by atoms with E-state index in [0.29, 0.717) is 0 Å². The van der Waals surface area contributed by atoms with Crippen LogP contribution in [0.3, 0.4) is 0 Å². The number of hydrogen-bond donors (Lipinski definition) is 4. The van der Waals surface area contributed by atoms with E-state index in [2.05, 4.69) is 30.1 Å². The molecule has 1 aliphatic heterocycles. The van der Waals surface area contributed by atoms with Gasteiger partial charge in [0.2, 0.25) is 0 Å². The average Bonchev–Trinajstić information content (AvgIpc) is 2.88. The van der Waals surface area contributed by atoms with Gasteiger partial charge in [0.1, 0.15) is 30.5 Å². The van der Waals surface area contributed by atoms with Crippen LogP contribution in [-0.2, 0) is 14.2 Å². The summed E-state index contributed by atoms with van der Waals surface area (Å²) in [5, 5.41) is 51.8. The maximum absolute atomic E-state index is 12.6. The van der Waals surface area contributed by atoms with Crippen LogP contribution in [0.1, 0.15) is 16.8 Å². The Kier molecular flexibility index (Phi) is 9.27. The standard InChI is InChI=1S/C19H23N9O8/c20-26-23-9-6-10(24-27-21)16(15(32)13(9)30)36-19-12(25-28-22)17(14(31)11(7-29)34-19)35-18(33)8-4-2-1-3-5-8/h1-5,9-17,19,29-32H,6-7H2/t9?,10?,11?,12?,13?,14-,15?,16-,17?,19-/m1/s1. The van der Waals surface area contributed by atoms with Crippen LogP contribution in [0, 0.1) is 0 Å². The van der Waals surface area contributed by atoms with E-state index in [1.54, 1.807) is 18.2 Å². The number of esters is 1. The lowest BCUT2D eigenvalue weighted by atomic mass is 9.84. The molecule has 17 nitrogen and oxygen atoms in total. The van der Waals surface area contributed by atoms with Crippen molar-refractivity contribution in [1.29, 1.82) is 0 Å². The van der Waals surface area contributed by atoms with Gasteiger partial charge in [-0.05, 0) is 35.1 Å². The van der Waals surface area contributed by atoms with Crippen molar-refractivity contribution in [1.82, 2.24) is 0 Å². The minimum absolute atomic E-state index is 0.132. The number of carbonyl (C=O) groups excluding carboxylic acids is 1. The van der Waals surface area contributed by atoms with Gasteiger partial charge in [-0.15, -0.1) is 0 Å². The lowest BCUT2D eigenvalue weighted by Gasteiger charge is -2.46. The highest BCUT2D eigenvalue weighted by Crippen LogP contribution is 2.33. The Balaban J connectivity index is 1.92. The maximum atomic E-state index is 12.6. The largest absolute Gasteiger partial charge is 0.455 e. The maximum Gasteiger partial charge on any atom is 0.338 e. The van der Waals surface area contributed by atoms with Gasteiger partial charge in [0.25, 0.3) is 0 Å². The second-order valence-corrected chi connectivity index (χ2v) is 8.01. The van der Waals surface area contributed by atoms with Crippen molar-refractivity contribution in [2.24, 2.45) is 15.3 Å². The molecular weight excluding hydrogens is 482 g/mol. The molecule has 2 aliphatic rings. The Hall–Kier alpha value is -3.62. The average molecular weight is 505 g/mol. The van der Waals surface area contributed by atoms with Crippen LogP contribution >= 0.6 is 0 Å². The summed E-state index contributed by atoms with van der Waals surface area (Å²) < 4.78 is 16.7. The van der Waals surface area contributed by atoms with Crippen molar-refractivity contribution in [2.75, 3.05) is 6.61 Å². The van der Waals surface area contributed by atoms with Crippen LogP contribution in [-0.4, -0.2) is 94.0 Å². The third-order valence-corrected chi connectivity index (χ3v) is 5.89. The van der Waals surface area contributed by atoms with Gasteiger partial charge in [-0.1, -0.05) is 33.5 Å². The van der Waals surface area contributed by atoms with Gasteiger partial charge in [0.15, 0.2) is 6.29 Å². The quantitative estimate of drug-likeness (QED) is 0.169. The van der Waals surface area contributed by atoms with E-state index in [9.17, 15) is 25.2 Å². The first-order chi connectivity index (χ1) is 17.4. The molecule has 0 aromatic heterocycles. The van der Waals surface area contributed by atoms with Gasteiger partial charge in [-0.25, -0.2) is 4.79 Å². The number of rotatable bonds is 8. The molecule has 1 aromatic carbocycles. The number of azide groups is 3. The van der Waals surface area contributed by atoms with Gasteiger partial charge < -0.3 is 34.6 Å². The predicted molar refractivity (Wildman–Crippen MR) is 118 cm³/mol. The molecule has 10 atom stereocenters. The molecule has 17 heteroatoms. The Morgan fingerprint density at radius 3 is 2.19 bits per heavy atom. The number of ether oxygens (including phenoxy) is 3. The first kappa shape index (κ1) is 27.0. The first-order valence-electron chi connectivity index (χ1n) is 10.7. The minimum Gasteiger partial charge on any atom is -0.455 e. The second kappa shape index (κ2) is 12.4. The van der Waals surface area contributed by atoms with E-state index < -0.39 is 73.6 Å².